The molecule has 0 saturated carbocycles. The largest absolute Gasteiger partial charge is 0.368 e. The number of thioether (sulfide) groups is 1. The third-order valence-corrected chi connectivity index (χ3v) is 4.33. The molecule has 2 aromatic heterocycles. The number of nitrogens with zero attached hydrogens (tertiary/aromatic N) is 7. The number of aromatic nitrogens is 7. The Kier molecular flexibility index (Phi) is 5.03. The first-order chi connectivity index (χ1) is 12.3. The third kappa shape index (κ3) is 4.45. The van der Waals surface area contributed by atoms with E-state index in [1.165, 1.54) is 17.3 Å². The minimum Gasteiger partial charge on any atom is -0.368 e. The van der Waals surface area contributed by atoms with Gasteiger partial charge in [-0.15, -0.1) is 5.10 Å². The molecule has 0 fully saturated rings. The van der Waals surface area contributed by atoms with Crippen molar-refractivity contribution in [3.8, 4) is 0 Å². The van der Waals surface area contributed by atoms with Crippen molar-refractivity contribution in [2.24, 2.45) is 0 Å². The van der Waals surface area contributed by atoms with Gasteiger partial charge in [-0.3, -0.25) is 0 Å². The zero-order chi connectivity index (χ0) is 18.7. The lowest BCUT2D eigenvalue weighted by molar-refractivity contribution is 0.321. The van der Waals surface area contributed by atoms with Gasteiger partial charge in [0.1, 0.15) is 5.82 Å². The first-order valence-electron chi connectivity index (χ1n) is 8.07. The van der Waals surface area contributed by atoms with Crippen molar-refractivity contribution in [2.75, 3.05) is 11.1 Å². The van der Waals surface area contributed by atoms with E-state index in [-0.39, 0.29) is 11.5 Å². The van der Waals surface area contributed by atoms with E-state index in [0.717, 1.165) is 5.69 Å². The summed E-state index contributed by atoms with van der Waals surface area (Å²) in [5.74, 6) is 1.61. The summed E-state index contributed by atoms with van der Waals surface area (Å²) in [6.45, 7) is 8.15. The molecule has 0 atom stereocenters. The highest BCUT2D eigenvalue weighted by atomic mass is 32.2. The number of rotatable bonds is 5. The normalized spacial score (nSPS) is 11.5. The van der Waals surface area contributed by atoms with Gasteiger partial charge in [-0.25, -0.2) is 4.68 Å². The Bertz CT molecular complexity index is 883. The second-order valence-corrected chi connectivity index (χ2v) is 7.70. The molecule has 1 aromatic carbocycles. The third-order valence-electron chi connectivity index (χ3n) is 3.41. The number of nitrogens with one attached hydrogen (secondary N) is 1. The van der Waals surface area contributed by atoms with Crippen LogP contribution in [-0.2, 0) is 11.3 Å². The molecule has 0 aliphatic carbocycles. The lowest BCUT2D eigenvalue weighted by atomic mass is 10.1. The zero-order valence-electron chi connectivity index (χ0n) is 15.1. The summed E-state index contributed by atoms with van der Waals surface area (Å²) < 4.78 is 1.77. The summed E-state index contributed by atoms with van der Waals surface area (Å²) in [7, 11) is 0. The van der Waals surface area contributed by atoms with Crippen LogP contribution in [0.2, 0.25) is 0 Å². The summed E-state index contributed by atoms with van der Waals surface area (Å²) in [6.07, 6.45) is 0. The van der Waals surface area contributed by atoms with Crippen LogP contribution in [0.1, 0.15) is 32.2 Å². The molecule has 0 saturated heterocycles. The average molecular weight is 371 g/mol. The Morgan fingerprint density at radius 2 is 1.85 bits per heavy atom. The molecular weight excluding hydrogens is 350 g/mol. The van der Waals surface area contributed by atoms with Gasteiger partial charge >= 0.3 is 0 Å². The van der Waals surface area contributed by atoms with Crippen LogP contribution in [-0.4, -0.2) is 35.2 Å². The summed E-state index contributed by atoms with van der Waals surface area (Å²) >= 11 is 1.45. The van der Waals surface area contributed by atoms with Crippen molar-refractivity contribution in [3.63, 3.8) is 0 Å². The number of nitrogen functional groups attached to an aromatic ring is 1. The first-order valence-corrected chi connectivity index (χ1v) is 9.05. The van der Waals surface area contributed by atoms with Crippen LogP contribution in [0.3, 0.4) is 0 Å². The molecule has 0 spiro atoms. The Hall–Kier alpha value is -2.75. The number of hydrogen-bond acceptors (Lipinski definition) is 9. The van der Waals surface area contributed by atoms with E-state index in [4.69, 9.17) is 5.73 Å². The van der Waals surface area contributed by atoms with Crippen LogP contribution in [0.4, 0.5) is 17.6 Å². The highest BCUT2D eigenvalue weighted by Crippen LogP contribution is 2.24. The number of anilines is 3. The van der Waals surface area contributed by atoms with Gasteiger partial charge < -0.3 is 11.1 Å². The SMILES string of the molecule is Cc1ccc(Nc2nc(N)nc(CSc3nnnn3C(C)(C)C)n2)cc1. The van der Waals surface area contributed by atoms with Crippen molar-refractivity contribution < 1.29 is 0 Å². The smallest absolute Gasteiger partial charge is 0.232 e. The predicted molar refractivity (Wildman–Crippen MR) is 101 cm³/mol. The van der Waals surface area contributed by atoms with Crippen molar-refractivity contribution in [2.45, 2.75) is 44.1 Å². The number of benzene rings is 1. The van der Waals surface area contributed by atoms with E-state index in [9.17, 15) is 0 Å². The predicted octanol–water partition coefficient (Wildman–Crippen LogP) is 2.54. The lowest BCUT2D eigenvalue weighted by Crippen LogP contribution is -2.24. The lowest BCUT2D eigenvalue weighted by Gasteiger charge is -2.19. The molecule has 0 bridgehead atoms. The monoisotopic (exact) mass is 371 g/mol. The number of hydrogen-bond donors (Lipinski definition) is 2. The van der Waals surface area contributed by atoms with Gasteiger partial charge in [0.25, 0.3) is 0 Å². The van der Waals surface area contributed by atoms with Crippen LogP contribution in [0.5, 0.6) is 0 Å². The average Bonchev–Trinajstić information content (AvgIpc) is 3.04. The van der Waals surface area contributed by atoms with Gasteiger partial charge in [-0.2, -0.15) is 15.0 Å². The minimum absolute atomic E-state index is 0.167. The maximum Gasteiger partial charge on any atom is 0.232 e. The Morgan fingerprint density at radius 3 is 2.54 bits per heavy atom. The van der Waals surface area contributed by atoms with Gasteiger partial charge in [-0.1, -0.05) is 29.5 Å². The second-order valence-electron chi connectivity index (χ2n) is 6.76. The van der Waals surface area contributed by atoms with E-state index < -0.39 is 0 Å². The van der Waals surface area contributed by atoms with E-state index in [1.807, 2.05) is 52.0 Å². The highest BCUT2D eigenvalue weighted by Gasteiger charge is 2.20. The topological polar surface area (TPSA) is 120 Å². The fraction of sp³-hybridized carbons (Fsp3) is 0.375. The summed E-state index contributed by atoms with van der Waals surface area (Å²) in [6, 6.07) is 7.94. The van der Waals surface area contributed by atoms with Crippen molar-refractivity contribution >= 4 is 29.3 Å². The molecule has 2 heterocycles. The fourth-order valence-electron chi connectivity index (χ4n) is 2.14. The summed E-state index contributed by atoms with van der Waals surface area (Å²) in [5, 5.41) is 15.7. The van der Waals surface area contributed by atoms with Gasteiger partial charge in [0.2, 0.25) is 17.1 Å². The highest BCUT2D eigenvalue weighted by molar-refractivity contribution is 7.98. The van der Waals surface area contributed by atoms with E-state index in [0.29, 0.717) is 22.7 Å². The number of aryl methyl sites for hydroxylation is 1. The van der Waals surface area contributed by atoms with Gasteiger partial charge in [0.05, 0.1) is 11.3 Å². The molecule has 3 rings (SSSR count). The number of tetrazole rings is 1. The van der Waals surface area contributed by atoms with Crippen molar-refractivity contribution in [3.05, 3.63) is 35.7 Å². The van der Waals surface area contributed by atoms with Gasteiger partial charge in [0.15, 0.2) is 0 Å². The standard InChI is InChI=1S/C16H21N9S/c1-10-5-7-11(8-6-10)18-14-20-12(19-13(17)21-14)9-26-15-22-23-24-25(15)16(2,3)4/h5-8H,9H2,1-4H3,(H3,17,18,19,20,21). The Labute approximate surface area is 155 Å². The maximum absolute atomic E-state index is 5.83. The Balaban J connectivity index is 1.74. The molecule has 3 N–H and O–H groups in total. The van der Waals surface area contributed by atoms with Gasteiger partial charge in [-0.05, 0) is 50.3 Å². The molecular formula is C16H21N9S. The molecule has 10 heteroatoms. The van der Waals surface area contributed by atoms with Crippen LogP contribution in [0.15, 0.2) is 29.4 Å². The minimum atomic E-state index is -0.206. The quantitative estimate of drug-likeness (QED) is 0.652. The van der Waals surface area contributed by atoms with Crippen molar-refractivity contribution in [1.29, 1.82) is 0 Å². The van der Waals surface area contributed by atoms with E-state index in [1.54, 1.807) is 4.68 Å². The molecule has 136 valence electrons. The maximum atomic E-state index is 5.83. The van der Waals surface area contributed by atoms with Crippen LogP contribution in [0.25, 0.3) is 0 Å². The molecule has 0 amide bonds. The van der Waals surface area contributed by atoms with E-state index >= 15 is 0 Å². The van der Waals surface area contributed by atoms with Crippen LogP contribution >= 0.6 is 11.8 Å². The molecule has 0 aliphatic heterocycles. The van der Waals surface area contributed by atoms with Crippen LogP contribution in [0, 0.1) is 6.92 Å². The zero-order valence-corrected chi connectivity index (χ0v) is 15.9. The first kappa shape index (κ1) is 18.1. The fourth-order valence-corrected chi connectivity index (χ4v) is 3.06. The molecule has 26 heavy (non-hydrogen) atoms. The molecule has 0 aliphatic rings. The molecule has 0 radical (unpaired) electrons. The Morgan fingerprint density at radius 1 is 1.12 bits per heavy atom. The number of nitrogens with two attached hydrogens (primary N) is 1. The molecule has 9 nitrogen and oxygen atoms in total. The molecule has 3 aromatic rings. The van der Waals surface area contributed by atoms with Crippen molar-refractivity contribution in [1.82, 2.24) is 35.2 Å². The second kappa shape index (κ2) is 7.24. The van der Waals surface area contributed by atoms with Crippen LogP contribution < -0.4 is 11.1 Å². The van der Waals surface area contributed by atoms with E-state index in [2.05, 4.69) is 35.8 Å². The molecule has 0 unspecified atom stereocenters. The van der Waals surface area contributed by atoms with Gasteiger partial charge in [0, 0.05) is 5.69 Å². The summed E-state index contributed by atoms with van der Waals surface area (Å²) in [5.41, 5.74) is 7.69. The summed E-state index contributed by atoms with van der Waals surface area (Å²) in [4.78, 5) is 12.8.